The molecule has 0 aliphatic heterocycles. The Bertz CT molecular complexity index is 667. The molecule has 0 bridgehead atoms. The standard InChI is InChI=1S/C14H17N5/c1-19-12(5-8-18-19)4-7-15-9-11-10-17-14-13(11)3-2-6-16-14/h2-3,5-6,8,10,15H,4,7,9H2,1H3,(H,16,17). The summed E-state index contributed by atoms with van der Waals surface area (Å²) in [5, 5.41) is 8.81. The largest absolute Gasteiger partial charge is 0.346 e. The van der Waals surface area contributed by atoms with Crippen LogP contribution in [0, 0.1) is 0 Å². The molecule has 3 aromatic rings. The van der Waals surface area contributed by atoms with Crippen molar-refractivity contribution in [3.05, 3.63) is 48.0 Å². The number of pyridine rings is 1. The van der Waals surface area contributed by atoms with Crippen molar-refractivity contribution in [1.29, 1.82) is 0 Å². The number of hydrogen-bond donors (Lipinski definition) is 2. The Hall–Kier alpha value is -2.14. The van der Waals surface area contributed by atoms with Gasteiger partial charge in [-0.1, -0.05) is 0 Å². The van der Waals surface area contributed by atoms with E-state index in [4.69, 9.17) is 0 Å². The predicted molar refractivity (Wildman–Crippen MR) is 74.7 cm³/mol. The second-order valence-electron chi connectivity index (χ2n) is 4.59. The van der Waals surface area contributed by atoms with Crippen molar-refractivity contribution in [2.24, 2.45) is 7.05 Å². The van der Waals surface area contributed by atoms with Gasteiger partial charge in [0.2, 0.25) is 0 Å². The molecule has 2 N–H and O–H groups in total. The average molecular weight is 255 g/mol. The molecule has 0 unspecified atom stereocenters. The van der Waals surface area contributed by atoms with Gasteiger partial charge < -0.3 is 10.3 Å². The zero-order valence-electron chi connectivity index (χ0n) is 10.9. The number of nitrogens with zero attached hydrogens (tertiary/aromatic N) is 3. The Balaban J connectivity index is 1.57. The van der Waals surface area contributed by atoms with Crippen molar-refractivity contribution in [2.75, 3.05) is 6.54 Å². The molecule has 3 aromatic heterocycles. The molecular weight excluding hydrogens is 238 g/mol. The number of rotatable bonds is 5. The van der Waals surface area contributed by atoms with Crippen molar-refractivity contribution in [2.45, 2.75) is 13.0 Å². The quantitative estimate of drug-likeness (QED) is 0.681. The highest BCUT2D eigenvalue weighted by molar-refractivity contribution is 5.79. The smallest absolute Gasteiger partial charge is 0.137 e. The Morgan fingerprint density at radius 1 is 1.32 bits per heavy atom. The molecule has 0 aliphatic carbocycles. The molecule has 0 saturated heterocycles. The third-order valence-corrected chi connectivity index (χ3v) is 3.33. The summed E-state index contributed by atoms with van der Waals surface area (Å²) >= 11 is 0. The molecule has 5 nitrogen and oxygen atoms in total. The van der Waals surface area contributed by atoms with E-state index in [0.29, 0.717) is 0 Å². The highest BCUT2D eigenvalue weighted by Gasteiger charge is 2.03. The lowest BCUT2D eigenvalue weighted by Gasteiger charge is -2.04. The predicted octanol–water partition coefficient (Wildman–Crippen LogP) is 1.63. The topological polar surface area (TPSA) is 58.5 Å². The van der Waals surface area contributed by atoms with E-state index in [0.717, 1.165) is 25.2 Å². The summed E-state index contributed by atoms with van der Waals surface area (Å²) in [5.74, 6) is 0. The Labute approximate surface area is 111 Å². The van der Waals surface area contributed by atoms with Crippen molar-refractivity contribution in [3.63, 3.8) is 0 Å². The summed E-state index contributed by atoms with van der Waals surface area (Å²) in [7, 11) is 1.97. The van der Waals surface area contributed by atoms with Crippen molar-refractivity contribution < 1.29 is 0 Å². The molecular formula is C14H17N5. The summed E-state index contributed by atoms with van der Waals surface area (Å²) < 4.78 is 1.91. The van der Waals surface area contributed by atoms with E-state index in [9.17, 15) is 0 Å². The highest BCUT2D eigenvalue weighted by atomic mass is 15.3. The van der Waals surface area contributed by atoms with Gasteiger partial charge >= 0.3 is 0 Å². The maximum atomic E-state index is 4.29. The van der Waals surface area contributed by atoms with E-state index in [-0.39, 0.29) is 0 Å². The van der Waals surface area contributed by atoms with Gasteiger partial charge in [0, 0.05) is 56.2 Å². The minimum Gasteiger partial charge on any atom is -0.346 e. The van der Waals surface area contributed by atoms with Gasteiger partial charge in [0.25, 0.3) is 0 Å². The van der Waals surface area contributed by atoms with Crippen LogP contribution < -0.4 is 5.32 Å². The normalized spacial score (nSPS) is 11.2. The first kappa shape index (κ1) is 11.9. The maximum Gasteiger partial charge on any atom is 0.137 e. The van der Waals surface area contributed by atoms with Crippen LogP contribution in [-0.2, 0) is 20.0 Å². The number of aryl methyl sites for hydroxylation is 1. The second-order valence-corrected chi connectivity index (χ2v) is 4.59. The first-order valence-electron chi connectivity index (χ1n) is 6.43. The molecule has 19 heavy (non-hydrogen) atoms. The van der Waals surface area contributed by atoms with Crippen molar-refractivity contribution >= 4 is 11.0 Å². The monoisotopic (exact) mass is 255 g/mol. The first-order valence-corrected chi connectivity index (χ1v) is 6.43. The van der Waals surface area contributed by atoms with Gasteiger partial charge in [-0.05, 0) is 23.8 Å². The average Bonchev–Trinajstić information content (AvgIpc) is 3.02. The Morgan fingerprint density at radius 3 is 3.11 bits per heavy atom. The molecule has 0 amide bonds. The summed E-state index contributed by atoms with van der Waals surface area (Å²) in [6.07, 6.45) is 6.64. The number of H-pyrrole nitrogens is 1. The first-order chi connectivity index (χ1) is 9.34. The molecule has 98 valence electrons. The number of aromatic nitrogens is 4. The van der Waals surface area contributed by atoms with Gasteiger partial charge in [-0.2, -0.15) is 5.10 Å². The fourth-order valence-corrected chi connectivity index (χ4v) is 2.24. The van der Waals surface area contributed by atoms with E-state index in [1.165, 1.54) is 16.6 Å². The van der Waals surface area contributed by atoms with Gasteiger partial charge in [-0.15, -0.1) is 0 Å². The fourth-order valence-electron chi connectivity index (χ4n) is 2.24. The lowest BCUT2D eigenvalue weighted by molar-refractivity contribution is 0.644. The number of fused-ring (bicyclic) bond motifs is 1. The molecule has 0 aromatic carbocycles. The van der Waals surface area contributed by atoms with Gasteiger partial charge in [0.1, 0.15) is 5.65 Å². The van der Waals surface area contributed by atoms with Crippen LogP contribution in [0.2, 0.25) is 0 Å². The molecule has 0 spiro atoms. The fraction of sp³-hybridized carbons (Fsp3) is 0.286. The van der Waals surface area contributed by atoms with Crippen LogP contribution >= 0.6 is 0 Å². The van der Waals surface area contributed by atoms with Gasteiger partial charge in [0.05, 0.1) is 0 Å². The number of aromatic amines is 1. The third kappa shape index (κ3) is 2.51. The summed E-state index contributed by atoms with van der Waals surface area (Å²) in [6, 6.07) is 6.11. The van der Waals surface area contributed by atoms with E-state index in [1.807, 2.05) is 30.2 Å². The molecule has 0 saturated carbocycles. The summed E-state index contributed by atoms with van der Waals surface area (Å²) in [5.41, 5.74) is 3.45. The van der Waals surface area contributed by atoms with Crippen molar-refractivity contribution in [3.8, 4) is 0 Å². The van der Waals surface area contributed by atoms with Crippen LogP contribution in [0.1, 0.15) is 11.3 Å². The molecule has 5 heteroatoms. The number of hydrogen-bond acceptors (Lipinski definition) is 3. The van der Waals surface area contributed by atoms with Gasteiger partial charge in [0.15, 0.2) is 0 Å². The van der Waals surface area contributed by atoms with E-state index >= 15 is 0 Å². The maximum absolute atomic E-state index is 4.29. The lowest BCUT2D eigenvalue weighted by Crippen LogP contribution is -2.17. The number of nitrogens with one attached hydrogen (secondary N) is 2. The zero-order chi connectivity index (χ0) is 13.1. The van der Waals surface area contributed by atoms with Crippen LogP contribution in [0.25, 0.3) is 11.0 Å². The van der Waals surface area contributed by atoms with Crippen LogP contribution in [0.4, 0.5) is 0 Å². The van der Waals surface area contributed by atoms with Crippen LogP contribution in [-0.4, -0.2) is 26.3 Å². The molecule has 0 radical (unpaired) electrons. The summed E-state index contributed by atoms with van der Waals surface area (Å²) in [6.45, 7) is 1.79. The summed E-state index contributed by atoms with van der Waals surface area (Å²) in [4.78, 5) is 7.47. The van der Waals surface area contributed by atoms with Crippen LogP contribution in [0.15, 0.2) is 36.8 Å². The molecule has 3 heterocycles. The van der Waals surface area contributed by atoms with Gasteiger partial charge in [-0.3, -0.25) is 4.68 Å². The van der Waals surface area contributed by atoms with E-state index < -0.39 is 0 Å². The van der Waals surface area contributed by atoms with E-state index in [2.05, 4.69) is 32.5 Å². The Morgan fingerprint density at radius 2 is 2.26 bits per heavy atom. The lowest BCUT2D eigenvalue weighted by atomic mass is 10.2. The van der Waals surface area contributed by atoms with Gasteiger partial charge in [-0.25, -0.2) is 4.98 Å². The Kier molecular flexibility index (Phi) is 3.29. The molecule has 0 fully saturated rings. The zero-order valence-corrected chi connectivity index (χ0v) is 10.9. The minimum absolute atomic E-state index is 0.851. The molecule has 0 aliphatic rings. The SMILES string of the molecule is Cn1nccc1CCNCc1c[nH]c2ncccc12. The highest BCUT2D eigenvalue weighted by Crippen LogP contribution is 2.14. The minimum atomic E-state index is 0.851. The van der Waals surface area contributed by atoms with Crippen LogP contribution in [0.3, 0.4) is 0 Å². The van der Waals surface area contributed by atoms with E-state index in [1.54, 1.807) is 6.20 Å². The third-order valence-electron chi connectivity index (χ3n) is 3.33. The second kappa shape index (κ2) is 5.24. The van der Waals surface area contributed by atoms with Crippen molar-refractivity contribution in [1.82, 2.24) is 25.1 Å². The van der Waals surface area contributed by atoms with Crippen LogP contribution in [0.5, 0.6) is 0 Å². The molecule has 3 rings (SSSR count). The molecule has 0 atom stereocenters.